The second-order valence-corrected chi connectivity index (χ2v) is 4.99. The van der Waals surface area contributed by atoms with Crippen LogP contribution in [0.5, 0.6) is 0 Å². The lowest BCUT2D eigenvalue weighted by Gasteiger charge is -1.98. The zero-order valence-corrected chi connectivity index (χ0v) is 12.3. The molecule has 2 aromatic heterocycles. The Kier molecular flexibility index (Phi) is 3.69. The van der Waals surface area contributed by atoms with Gasteiger partial charge in [-0.25, -0.2) is 0 Å². The third-order valence-corrected chi connectivity index (χ3v) is 3.11. The molecule has 7 heteroatoms. The van der Waals surface area contributed by atoms with Crippen molar-refractivity contribution in [2.75, 3.05) is 5.32 Å². The lowest BCUT2D eigenvalue weighted by atomic mass is 10.1. The zero-order valence-electron chi connectivity index (χ0n) is 12.3. The molecule has 0 saturated heterocycles. The molecule has 2 heterocycles. The van der Waals surface area contributed by atoms with Crippen LogP contribution in [0.1, 0.15) is 27.5 Å². The molecule has 7 nitrogen and oxygen atoms in total. The van der Waals surface area contributed by atoms with E-state index in [4.69, 9.17) is 4.42 Å². The third-order valence-electron chi connectivity index (χ3n) is 3.11. The van der Waals surface area contributed by atoms with Crippen LogP contribution in [0.3, 0.4) is 0 Å². The molecule has 0 aliphatic rings. The summed E-state index contributed by atoms with van der Waals surface area (Å²) in [5.74, 6) is 0.0614. The van der Waals surface area contributed by atoms with Crippen LogP contribution in [0, 0.1) is 6.92 Å². The van der Waals surface area contributed by atoms with Gasteiger partial charge in [0.25, 0.3) is 5.91 Å². The predicted molar refractivity (Wildman–Crippen MR) is 79.4 cm³/mol. The van der Waals surface area contributed by atoms with Crippen molar-refractivity contribution < 1.29 is 9.21 Å². The molecule has 0 bridgehead atoms. The number of anilines is 1. The van der Waals surface area contributed by atoms with E-state index < -0.39 is 0 Å². The van der Waals surface area contributed by atoms with E-state index in [1.54, 1.807) is 24.0 Å². The maximum absolute atomic E-state index is 11.9. The van der Waals surface area contributed by atoms with Crippen molar-refractivity contribution in [1.29, 1.82) is 0 Å². The number of hydrogen-bond acceptors (Lipinski definition) is 5. The van der Waals surface area contributed by atoms with E-state index in [2.05, 4.69) is 20.6 Å². The lowest BCUT2D eigenvalue weighted by molar-refractivity contribution is 0.101. The lowest BCUT2D eigenvalue weighted by Crippen LogP contribution is -2.13. The number of amides is 1. The first-order chi connectivity index (χ1) is 10.6. The maximum Gasteiger partial charge on any atom is 0.322 e. The van der Waals surface area contributed by atoms with Gasteiger partial charge >= 0.3 is 6.01 Å². The summed E-state index contributed by atoms with van der Waals surface area (Å²) in [4.78, 5) is 11.9. The summed E-state index contributed by atoms with van der Waals surface area (Å²) >= 11 is 0. The number of nitrogens with one attached hydrogen (secondary N) is 1. The number of aryl methyl sites for hydroxylation is 2. The molecule has 22 heavy (non-hydrogen) atoms. The number of nitrogens with zero attached hydrogens (tertiary/aromatic N) is 4. The van der Waals surface area contributed by atoms with Gasteiger partial charge in [0, 0.05) is 13.2 Å². The number of aromatic nitrogens is 4. The molecule has 0 atom stereocenters. The summed E-state index contributed by atoms with van der Waals surface area (Å²) in [5.41, 5.74) is 2.55. The molecule has 1 N–H and O–H groups in total. The SMILES string of the molecule is Cc1ccc(Cc2nnc(NC(=O)c3ccn(C)n3)o2)cc1. The first-order valence-corrected chi connectivity index (χ1v) is 6.79. The number of benzene rings is 1. The van der Waals surface area contributed by atoms with Crippen LogP contribution in [0.2, 0.25) is 0 Å². The van der Waals surface area contributed by atoms with Crippen LogP contribution in [0.25, 0.3) is 0 Å². The van der Waals surface area contributed by atoms with Crippen molar-refractivity contribution in [1.82, 2.24) is 20.0 Å². The van der Waals surface area contributed by atoms with E-state index in [-0.39, 0.29) is 11.9 Å². The average Bonchev–Trinajstić information content (AvgIpc) is 3.11. The van der Waals surface area contributed by atoms with Crippen molar-refractivity contribution in [3.8, 4) is 0 Å². The second-order valence-electron chi connectivity index (χ2n) is 4.99. The first-order valence-electron chi connectivity index (χ1n) is 6.79. The van der Waals surface area contributed by atoms with Crippen LogP contribution in [-0.4, -0.2) is 25.9 Å². The topological polar surface area (TPSA) is 85.8 Å². The van der Waals surface area contributed by atoms with E-state index >= 15 is 0 Å². The predicted octanol–water partition coefficient (Wildman–Crippen LogP) is 1.95. The van der Waals surface area contributed by atoms with Crippen molar-refractivity contribution in [3.63, 3.8) is 0 Å². The summed E-state index contributed by atoms with van der Waals surface area (Å²) in [6, 6.07) is 9.74. The van der Waals surface area contributed by atoms with Crippen molar-refractivity contribution in [2.24, 2.45) is 7.05 Å². The monoisotopic (exact) mass is 297 g/mol. The Morgan fingerprint density at radius 3 is 2.68 bits per heavy atom. The Morgan fingerprint density at radius 1 is 1.23 bits per heavy atom. The van der Waals surface area contributed by atoms with Gasteiger partial charge in [0.2, 0.25) is 5.89 Å². The van der Waals surface area contributed by atoms with E-state index in [1.165, 1.54) is 5.56 Å². The highest BCUT2D eigenvalue weighted by molar-refractivity contribution is 6.01. The summed E-state index contributed by atoms with van der Waals surface area (Å²) in [6.07, 6.45) is 2.21. The van der Waals surface area contributed by atoms with Gasteiger partial charge in [0.05, 0.1) is 6.42 Å². The minimum absolute atomic E-state index is 0.0674. The smallest absolute Gasteiger partial charge is 0.322 e. The van der Waals surface area contributed by atoms with Crippen molar-refractivity contribution in [3.05, 3.63) is 59.2 Å². The number of carbonyl (C=O) groups is 1. The van der Waals surface area contributed by atoms with Crippen LogP contribution in [0.4, 0.5) is 6.01 Å². The summed E-state index contributed by atoms with van der Waals surface area (Å²) in [6.45, 7) is 2.03. The van der Waals surface area contributed by atoms with E-state index in [1.807, 2.05) is 31.2 Å². The summed E-state index contributed by atoms with van der Waals surface area (Å²) in [5, 5.41) is 14.3. The van der Waals surface area contributed by atoms with Gasteiger partial charge in [-0.2, -0.15) is 5.10 Å². The van der Waals surface area contributed by atoms with Gasteiger partial charge in [-0.3, -0.25) is 14.8 Å². The normalized spacial score (nSPS) is 10.6. The van der Waals surface area contributed by atoms with Gasteiger partial charge in [0.1, 0.15) is 0 Å². The largest absolute Gasteiger partial charge is 0.407 e. The average molecular weight is 297 g/mol. The molecule has 0 aliphatic carbocycles. The third kappa shape index (κ3) is 3.20. The molecule has 1 amide bonds. The maximum atomic E-state index is 11.9. The van der Waals surface area contributed by atoms with Crippen LogP contribution in [-0.2, 0) is 13.5 Å². The Bertz CT molecular complexity index is 788. The van der Waals surface area contributed by atoms with E-state index in [0.717, 1.165) is 5.56 Å². The van der Waals surface area contributed by atoms with Crippen molar-refractivity contribution >= 4 is 11.9 Å². The molecule has 112 valence electrons. The molecule has 0 radical (unpaired) electrons. The second kappa shape index (κ2) is 5.80. The number of rotatable bonds is 4. The Hall–Kier alpha value is -2.96. The standard InChI is InChI=1S/C15H15N5O2/c1-10-3-5-11(6-4-10)9-13-17-18-15(22-13)16-14(21)12-7-8-20(2)19-12/h3-8H,9H2,1-2H3,(H,16,18,21). The molecule has 3 rings (SSSR count). The molecule has 0 unspecified atom stereocenters. The number of carbonyl (C=O) groups excluding carboxylic acids is 1. The molecule has 1 aromatic carbocycles. The van der Waals surface area contributed by atoms with Gasteiger partial charge < -0.3 is 4.42 Å². The van der Waals surface area contributed by atoms with Gasteiger partial charge in [-0.15, -0.1) is 5.10 Å². The van der Waals surface area contributed by atoms with Gasteiger partial charge in [-0.05, 0) is 18.6 Å². The molecular weight excluding hydrogens is 282 g/mol. The number of hydrogen-bond donors (Lipinski definition) is 1. The first kappa shape index (κ1) is 14.0. The highest BCUT2D eigenvalue weighted by Gasteiger charge is 2.13. The fourth-order valence-corrected chi connectivity index (χ4v) is 1.95. The molecule has 0 fully saturated rings. The minimum atomic E-state index is -0.383. The Morgan fingerprint density at radius 2 is 2.00 bits per heavy atom. The molecule has 0 saturated carbocycles. The summed E-state index contributed by atoms with van der Waals surface area (Å²) < 4.78 is 6.98. The van der Waals surface area contributed by atoms with Crippen LogP contribution < -0.4 is 5.32 Å². The molecule has 0 aliphatic heterocycles. The van der Waals surface area contributed by atoms with Gasteiger partial charge in [0.15, 0.2) is 5.69 Å². The fourth-order valence-electron chi connectivity index (χ4n) is 1.95. The minimum Gasteiger partial charge on any atom is -0.407 e. The zero-order chi connectivity index (χ0) is 15.5. The van der Waals surface area contributed by atoms with E-state index in [0.29, 0.717) is 18.0 Å². The van der Waals surface area contributed by atoms with Crippen LogP contribution in [0.15, 0.2) is 40.9 Å². The molecule has 0 spiro atoms. The fraction of sp³-hybridized carbons (Fsp3) is 0.200. The Balaban J connectivity index is 1.66. The Labute approximate surface area is 127 Å². The van der Waals surface area contributed by atoms with Gasteiger partial charge in [-0.1, -0.05) is 34.9 Å². The molecular formula is C15H15N5O2. The quantitative estimate of drug-likeness (QED) is 0.795. The van der Waals surface area contributed by atoms with E-state index in [9.17, 15) is 4.79 Å². The van der Waals surface area contributed by atoms with Crippen LogP contribution >= 0.6 is 0 Å². The highest BCUT2D eigenvalue weighted by Crippen LogP contribution is 2.12. The molecule has 3 aromatic rings. The van der Waals surface area contributed by atoms with Crippen molar-refractivity contribution in [2.45, 2.75) is 13.3 Å². The highest BCUT2D eigenvalue weighted by atomic mass is 16.4. The summed E-state index contributed by atoms with van der Waals surface area (Å²) in [7, 11) is 1.74.